The molecular formula is C15H35N3O. The van der Waals surface area contributed by atoms with Gasteiger partial charge in [-0.1, -0.05) is 6.92 Å². The third kappa shape index (κ3) is 10.3. The van der Waals surface area contributed by atoms with Gasteiger partial charge in [-0.3, -0.25) is 0 Å². The summed E-state index contributed by atoms with van der Waals surface area (Å²) in [5.41, 5.74) is -0.111. The molecular weight excluding hydrogens is 238 g/mol. The van der Waals surface area contributed by atoms with Crippen LogP contribution in [0.1, 0.15) is 39.5 Å². The smallest absolute Gasteiger partial charge is 0.0610 e. The molecule has 0 radical (unpaired) electrons. The normalized spacial score (nSPS) is 15.2. The van der Waals surface area contributed by atoms with Crippen LogP contribution < -0.4 is 5.32 Å². The molecule has 4 nitrogen and oxygen atoms in total. The molecule has 4 heteroatoms. The van der Waals surface area contributed by atoms with Crippen molar-refractivity contribution in [1.29, 1.82) is 0 Å². The molecule has 0 aliphatic rings. The minimum absolute atomic E-state index is 0.111. The highest BCUT2D eigenvalue weighted by Crippen LogP contribution is 2.12. The van der Waals surface area contributed by atoms with Crippen LogP contribution in [0.2, 0.25) is 0 Å². The van der Waals surface area contributed by atoms with Crippen LogP contribution >= 0.6 is 0 Å². The summed E-state index contributed by atoms with van der Waals surface area (Å²) in [6.07, 6.45) is 4.49. The monoisotopic (exact) mass is 273 g/mol. The quantitative estimate of drug-likeness (QED) is 0.564. The predicted octanol–water partition coefficient (Wildman–Crippen LogP) is 1.40. The van der Waals surface area contributed by atoms with Crippen molar-refractivity contribution in [3.8, 4) is 0 Å². The molecule has 0 heterocycles. The molecule has 0 aromatic carbocycles. The van der Waals surface area contributed by atoms with Gasteiger partial charge in [0.25, 0.3) is 0 Å². The van der Waals surface area contributed by atoms with Crippen molar-refractivity contribution in [3.05, 3.63) is 0 Å². The lowest BCUT2D eigenvalue weighted by Gasteiger charge is -2.29. The first-order chi connectivity index (χ1) is 8.93. The zero-order valence-electron chi connectivity index (χ0n) is 13.7. The number of hydrogen-bond acceptors (Lipinski definition) is 4. The standard InChI is InChI=1S/C15H35N3O/c1-6-10-16-15(2,14-19)9-7-12-18(5)13-8-11-17(3)4/h16,19H,6-14H2,1-5H3. The van der Waals surface area contributed by atoms with E-state index in [2.05, 4.69) is 50.1 Å². The Hall–Kier alpha value is -0.160. The number of nitrogens with one attached hydrogen (secondary N) is 1. The Morgan fingerprint density at radius 2 is 1.68 bits per heavy atom. The van der Waals surface area contributed by atoms with E-state index in [1.165, 1.54) is 6.42 Å². The first kappa shape index (κ1) is 18.8. The SMILES string of the molecule is CCCNC(C)(CO)CCCN(C)CCCN(C)C. The lowest BCUT2D eigenvalue weighted by molar-refractivity contribution is 0.158. The van der Waals surface area contributed by atoms with Crippen LogP contribution in [-0.2, 0) is 0 Å². The Morgan fingerprint density at radius 1 is 1.05 bits per heavy atom. The fraction of sp³-hybridized carbons (Fsp3) is 1.00. The van der Waals surface area contributed by atoms with E-state index in [9.17, 15) is 5.11 Å². The Morgan fingerprint density at radius 3 is 2.21 bits per heavy atom. The van der Waals surface area contributed by atoms with Crippen molar-refractivity contribution in [2.45, 2.75) is 45.1 Å². The lowest BCUT2D eigenvalue weighted by atomic mass is 9.96. The first-order valence-electron chi connectivity index (χ1n) is 7.62. The van der Waals surface area contributed by atoms with Crippen LogP contribution in [-0.4, -0.2) is 74.4 Å². The summed E-state index contributed by atoms with van der Waals surface area (Å²) in [4.78, 5) is 4.62. The van der Waals surface area contributed by atoms with Gasteiger partial charge in [-0.05, 0) is 79.9 Å². The molecule has 0 aromatic rings. The Bertz CT molecular complexity index is 212. The molecule has 0 saturated carbocycles. The second-order valence-electron chi connectivity index (χ2n) is 6.21. The highest BCUT2D eigenvalue weighted by atomic mass is 16.3. The molecule has 0 aromatic heterocycles. The maximum absolute atomic E-state index is 9.50. The third-order valence-corrected chi connectivity index (χ3v) is 3.56. The summed E-state index contributed by atoms with van der Waals surface area (Å²) in [6, 6.07) is 0. The number of hydrogen-bond donors (Lipinski definition) is 2. The van der Waals surface area contributed by atoms with Gasteiger partial charge in [0.1, 0.15) is 0 Å². The molecule has 0 saturated heterocycles. The lowest BCUT2D eigenvalue weighted by Crippen LogP contribution is -2.46. The van der Waals surface area contributed by atoms with Crippen molar-refractivity contribution in [2.24, 2.45) is 0 Å². The van der Waals surface area contributed by atoms with Gasteiger partial charge in [0, 0.05) is 5.54 Å². The van der Waals surface area contributed by atoms with Crippen LogP contribution in [0.4, 0.5) is 0 Å². The van der Waals surface area contributed by atoms with Crippen LogP contribution in [0.3, 0.4) is 0 Å². The van der Waals surface area contributed by atoms with Gasteiger partial charge < -0.3 is 20.2 Å². The number of aliphatic hydroxyl groups is 1. The van der Waals surface area contributed by atoms with E-state index in [1.54, 1.807) is 0 Å². The summed E-state index contributed by atoms with van der Waals surface area (Å²) in [6.45, 7) is 8.88. The van der Waals surface area contributed by atoms with Gasteiger partial charge in [0.15, 0.2) is 0 Å². The summed E-state index contributed by atoms with van der Waals surface area (Å²) in [7, 11) is 6.42. The van der Waals surface area contributed by atoms with Crippen LogP contribution in [0.15, 0.2) is 0 Å². The molecule has 0 rings (SSSR count). The predicted molar refractivity (Wildman–Crippen MR) is 83.7 cm³/mol. The highest BCUT2D eigenvalue weighted by molar-refractivity contribution is 4.82. The van der Waals surface area contributed by atoms with E-state index in [-0.39, 0.29) is 12.1 Å². The fourth-order valence-electron chi connectivity index (χ4n) is 2.16. The van der Waals surface area contributed by atoms with Crippen LogP contribution in [0.5, 0.6) is 0 Å². The van der Waals surface area contributed by atoms with Crippen LogP contribution in [0, 0.1) is 0 Å². The Labute approximate surface area is 120 Å². The molecule has 0 bridgehead atoms. The van der Waals surface area contributed by atoms with Crippen molar-refractivity contribution >= 4 is 0 Å². The third-order valence-electron chi connectivity index (χ3n) is 3.56. The van der Waals surface area contributed by atoms with E-state index in [0.29, 0.717) is 0 Å². The molecule has 1 unspecified atom stereocenters. The number of aliphatic hydroxyl groups excluding tert-OH is 1. The first-order valence-corrected chi connectivity index (χ1v) is 7.62. The second-order valence-corrected chi connectivity index (χ2v) is 6.21. The van der Waals surface area contributed by atoms with E-state index in [1.807, 2.05) is 0 Å². The minimum Gasteiger partial charge on any atom is -0.394 e. The zero-order chi connectivity index (χ0) is 14.7. The van der Waals surface area contributed by atoms with E-state index in [4.69, 9.17) is 0 Å². The maximum Gasteiger partial charge on any atom is 0.0610 e. The summed E-state index contributed by atoms with van der Waals surface area (Å²) in [5.74, 6) is 0. The molecule has 1 atom stereocenters. The fourth-order valence-corrected chi connectivity index (χ4v) is 2.16. The molecule has 116 valence electrons. The van der Waals surface area contributed by atoms with E-state index < -0.39 is 0 Å². The average molecular weight is 273 g/mol. The molecule has 0 aliphatic heterocycles. The Balaban J connectivity index is 3.74. The van der Waals surface area contributed by atoms with Crippen LogP contribution in [0.25, 0.3) is 0 Å². The van der Waals surface area contributed by atoms with Gasteiger partial charge in [0.05, 0.1) is 6.61 Å². The molecule has 0 spiro atoms. The van der Waals surface area contributed by atoms with Gasteiger partial charge in [-0.15, -0.1) is 0 Å². The van der Waals surface area contributed by atoms with Crippen molar-refractivity contribution in [2.75, 3.05) is 53.9 Å². The highest BCUT2D eigenvalue weighted by Gasteiger charge is 2.21. The molecule has 19 heavy (non-hydrogen) atoms. The molecule has 0 amide bonds. The minimum atomic E-state index is -0.111. The number of rotatable bonds is 12. The van der Waals surface area contributed by atoms with Crippen molar-refractivity contribution in [3.63, 3.8) is 0 Å². The second kappa shape index (κ2) is 10.6. The van der Waals surface area contributed by atoms with E-state index >= 15 is 0 Å². The van der Waals surface area contributed by atoms with Crippen molar-refractivity contribution in [1.82, 2.24) is 15.1 Å². The maximum atomic E-state index is 9.50. The van der Waals surface area contributed by atoms with E-state index in [0.717, 1.165) is 45.4 Å². The topological polar surface area (TPSA) is 38.7 Å². The summed E-state index contributed by atoms with van der Waals surface area (Å²) >= 11 is 0. The molecule has 0 fully saturated rings. The largest absolute Gasteiger partial charge is 0.394 e. The summed E-state index contributed by atoms with van der Waals surface area (Å²) < 4.78 is 0. The van der Waals surface area contributed by atoms with Gasteiger partial charge in [-0.2, -0.15) is 0 Å². The summed E-state index contributed by atoms with van der Waals surface area (Å²) in [5, 5.41) is 13.0. The van der Waals surface area contributed by atoms with Gasteiger partial charge >= 0.3 is 0 Å². The molecule has 0 aliphatic carbocycles. The molecule has 2 N–H and O–H groups in total. The Kier molecular flexibility index (Phi) is 10.5. The number of nitrogens with zero attached hydrogens (tertiary/aromatic N) is 2. The average Bonchev–Trinajstić information content (AvgIpc) is 2.36. The van der Waals surface area contributed by atoms with Gasteiger partial charge in [-0.25, -0.2) is 0 Å². The zero-order valence-corrected chi connectivity index (χ0v) is 13.7. The van der Waals surface area contributed by atoms with Crippen molar-refractivity contribution < 1.29 is 5.11 Å². The van der Waals surface area contributed by atoms with Gasteiger partial charge in [0.2, 0.25) is 0 Å².